The van der Waals surface area contributed by atoms with Crippen LogP contribution >= 0.6 is 0 Å². The molecule has 7 aliphatic rings. The maximum atomic E-state index is 5.76. The summed E-state index contributed by atoms with van der Waals surface area (Å²) in [5.41, 5.74) is 1.11. The van der Waals surface area contributed by atoms with E-state index in [1.807, 2.05) is 0 Å². The molecule has 0 aromatic rings. The number of hydrogen-bond acceptors (Lipinski definition) is 4. The van der Waals surface area contributed by atoms with Crippen LogP contribution in [0.3, 0.4) is 0 Å². The largest absolute Gasteiger partial charge is 0.373 e. The predicted molar refractivity (Wildman–Crippen MR) is 106 cm³/mol. The number of rotatable bonds is 4. The third kappa shape index (κ3) is 3.79. The minimum atomic E-state index is 0.537. The smallest absolute Gasteiger partial charge is 0.0847 e. The summed E-state index contributed by atoms with van der Waals surface area (Å²) in [5.74, 6) is 0.837. The Bertz CT molecular complexity index is 605. The van der Waals surface area contributed by atoms with E-state index in [-0.39, 0.29) is 0 Å². The Labute approximate surface area is 170 Å². The number of hydrogen-bond donors (Lipinski definition) is 0. The van der Waals surface area contributed by atoms with E-state index in [9.17, 15) is 0 Å². The van der Waals surface area contributed by atoms with Crippen molar-refractivity contribution in [2.24, 2.45) is 16.7 Å². The molecule has 0 radical (unpaired) electrons. The SMILES string of the molecule is C1CC2OC2CC1C1CO1.CCC1(CC2(C)CCC3OC3C2)CCC2OC2C1. The second-order valence-corrected chi connectivity index (χ2v) is 11.4. The van der Waals surface area contributed by atoms with Gasteiger partial charge in [-0.05, 0) is 81.0 Å². The van der Waals surface area contributed by atoms with Crippen LogP contribution in [0.4, 0.5) is 0 Å². The highest BCUT2D eigenvalue weighted by Crippen LogP contribution is 2.57. The highest BCUT2D eigenvalue weighted by Gasteiger charge is 2.54. The van der Waals surface area contributed by atoms with Crippen molar-refractivity contribution in [3.8, 4) is 0 Å². The summed E-state index contributed by atoms with van der Waals surface area (Å²) in [6.07, 6.45) is 19.1. The third-order valence-corrected chi connectivity index (χ3v) is 9.18. The van der Waals surface area contributed by atoms with E-state index in [4.69, 9.17) is 18.9 Å². The molecule has 10 unspecified atom stereocenters. The molecule has 0 aromatic carbocycles. The summed E-state index contributed by atoms with van der Waals surface area (Å²) in [6, 6.07) is 0. The van der Waals surface area contributed by atoms with Crippen molar-refractivity contribution >= 4 is 0 Å². The van der Waals surface area contributed by atoms with Crippen molar-refractivity contribution in [2.75, 3.05) is 6.61 Å². The van der Waals surface area contributed by atoms with Gasteiger partial charge in [0.05, 0.1) is 49.3 Å². The molecule has 7 fully saturated rings. The van der Waals surface area contributed by atoms with Gasteiger partial charge < -0.3 is 18.9 Å². The van der Waals surface area contributed by atoms with Crippen LogP contribution in [0.5, 0.6) is 0 Å². The molecule has 3 aliphatic carbocycles. The molecule has 4 saturated heterocycles. The molecule has 3 saturated carbocycles. The minimum Gasteiger partial charge on any atom is -0.373 e. The van der Waals surface area contributed by atoms with Crippen LogP contribution in [0.25, 0.3) is 0 Å². The first-order chi connectivity index (χ1) is 13.5. The quantitative estimate of drug-likeness (QED) is 0.657. The highest BCUT2D eigenvalue weighted by molar-refractivity contribution is 5.04. The highest BCUT2D eigenvalue weighted by atomic mass is 16.6. The van der Waals surface area contributed by atoms with Gasteiger partial charge in [-0.25, -0.2) is 0 Å². The summed E-state index contributed by atoms with van der Waals surface area (Å²) in [6.45, 7) is 5.93. The van der Waals surface area contributed by atoms with E-state index in [1.165, 1.54) is 70.6 Å². The van der Waals surface area contributed by atoms with E-state index < -0.39 is 0 Å². The molecular formula is C24H38O4. The lowest BCUT2D eigenvalue weighted by Gasteiger charge is -2.44. The normalized spacial score (nSPS) is 57.6. The molecule has 158 valence electrons. The molecule has 10 atom stereocenters. The molecule has 4 aliphatic heterocycles. The Morgan fingerprint density at radius 1 is 0.750 bits per heavy atom. The third-order valence-electron chi connectivity index (χ3n) is 9.18. The molecule has 0 N–H and O–H groups in total. The van der Waals surface area contributed by atoms with Crippen LogP contribution < -0.4 is 0 Å². The average molecular weight is 391 g/mol. The Balaban J connectivity index is 0.000000130. The van der Waals surface area contributed by atoms with Gasteiger partial charge in [0.25, 0.3) is 0 Å². The molecule has 4 heterocycles. The molecule has 4 nitrogen and oxygen atoms in total. The van der Waals surface area contributed by atoms with Crippen LogP contribution in [0, 0.1) is 16.7 Å². The van der Waals surface area contributed by atoms with Crippen molar-refractivity contribution in [2.45, 2.75) is 127 Å². The Morgan fingerprint density at radius 3 is 2.07 bits per heavy atom. The Hall–Kier alpha value is -0.160. The maximum absolute atomic E-state index is 5.76. The van der Waals surface area contributed by atoms with E-state index in [2.05, 4.69) is 13.8 Å². The summed E-state index contributed by atoms with van der Waals surface area (Å²) in [5, 5.41) is 0. The first kappa shape index (κ1) is 18.6. The zero-order chi connectivity index (χ0) is 18.9. The molecule has 0 aromatic heterocycles. The van der Waals surface area contributed by atoms with Crippen molar-refractivity contribution in [1.29, 1.82) is 0 Å². The molecule has 0 bridgehead atoms. The molecule has 7 rings (SSSR count). The Kier molecular flexibility index (Phi) is 4.43. The van der Waals surface area contributed by atoms with Gasteiger partial charge in [-0.3, -0.25) is 0 Å². The van der Waals surface area contributed by atoms with E-state index in [1.54, 1.807) is 0 Å². The van der Waals surface area contributed by atoms with Gasteiger partial charge in [-0.1, -0.05) is 20.3 Å². The fourth-order valence-electron chi connectivity index (χ4n) is 7.05. The van der Waals surface area contributed by atoms with Gasteiger partial charge in [0.2, 0.25) is 0 Å². The summed E-state index contributed by atoms with van der Waals surface area (Å²) >= 11 is 0. The first-order valence-electron chi connectivity index (χ1n) is 12.1. The fourth-order valence-corrected chi connectivity index (χ4v) is 7.05. The molecule has 4 heteroatoms. The minimum absolute atomic E-state index is 0.537. The molecular weight excluding hydrogens is 352 g/mol. The fraction of sp³-hybridized carbons (Fsp3) is 1.00. The van der Waals surface area contributed by atoms with Crippen LogP contribution in [0.1, 0.15) is 84.5 Å². The van der Waals surface area contributed by atoms with E-state index in [0.29, 0.717) is 53.6 Å². The van der Waals surface area contributed by atoms with Crippen LogP contribution in [-0.4, -0.2) is 49.3 Å². The zero-order valence-electron chi connectivity index (χ0n) is 17.7. The van der Waals surface area contributed by atoms with Gasteiger partial charge in [0.15, 0.2) is 0 Å². The predicted octanol–water partition coefficient (Wildman–Crippen LogP) is 4.63. The van der Waals surface area contributed by atoms with Gasteiger partial charge >= 0.3 is 0 Å². The summed E-state index contributed by atoms with van der Waals surface area (Å²) in [4.78, 5) is 0. The van der Waals surface area contributed by atoms with E-state index in [0.717, 1.165) is 12.5 Å². The van der Waals surface area contributed by atoms with E-state index >= 15 is 0 Å². The maximum Gasteiger partial charge on any atom is 0.0847 e. The lowest BCUT2D eigenvalue weighted by molar-refractivity contribution is 0.0759. The van der Waals surface area contributed by atoms with Gasteiger partial charge in [0.1, 0.15) is 0 Å². The lowest BCUT2D eigenvalue weighted by Crippen LogP contribution is -2.36. The van der Waals surface area contributed by atoms with Crippen LogP contribution in [0.2, 0.25) is 0 Å². The van der Waals surface area contributed by atoms with Gasteiger partial charge in [-0.2, -0.15) is 0 Å². The molecule has 0 amide bonds. The van der Waals surface area contributed by atoms with Gasteiger partial charge in [0, 0.05) is 0 Å². The summed E-state index contributed by atoms with van der Waals surface area (Å²) in [7, 11) is 0. The van der Waals surface area contributed by atoms with Crippen molar-refractivity contribution in [3.05, 3.63) is 0 Å². The van der Waals surface area contributed by atoms with Crippen LogP contribution in [-0.2, 0) is 18.9 Å². The lowest BCUT2D eigenvalue weighted by atomic mass is 9.60. The number of fused-ring (bicyclic) bond motifs is 3. The standard InChI is InChI=1S/C16H26O2.C8H12O2/c1-3-16(7-5-12-14(9-16)18-12)10-15(2)6-4-11-13(8-15)17-11;1-2-6-7(10-6)3-5(1)8-4-9-8/h11-14H,3-10H2,1-2H3;5-8H,1-4H2. The number of epoxide rings is 4. The van der Waals surface area contributed by atoms with Crippen molar-refractivity contribution < 1.29 is 18.9 Å². The Morgan fingerprint density at radius 2 is 1.43 bits per heavy atom. The van der Waals surface area contributed by atoms with Crippen molar-refractivity contribution in [3.63, 3.8) is 0 Å². The van der Waals surface area contributed by atoms with Gasteiger partial charge in [-0.15, -0.1) is 0 Å². The van der Waals surface area contributed by atoms with Crippen molar-refractivity contribution in [1.82, 2.24) is 0 Å². The first-order valence-corrected chi connectivity index (χ1v) is 12.1. The second kappa shape index (κ2) is 6.67. The second-order valence-electron chi connectivity index (χ2n) is 11.4. The summed E-state index contributed by atoms with van der Waals surface area (Å²) < 4.78 is 22.2. The molecule has 0 spiro atoms. The average Bonchev–Trinajstić information content (AvgIpc) is 3.50. The molecule has 28 heavy (non-hydrogen) atoms. The monoisotopic (exact) mass is 390 g/mol. The number of ether oxygens (including phenoxy) is 4. The zero-order valence-corrected chi connectivity index (χ0v) is 17.7. The topological polar surface area (TPSA) is 50.1 Å². The van der Waals surface area contributed by atoms with Crippen LogP contribution in [0.15, 0.2) is 0 Å².